The molecule has 2 aromatic heterocycles. The number of carbonyl (C=O) groups is 1. The Morgan fingerprint density at radius 3 is 2.61 bits per heavy atom. The van der Waals surface area contributed by atoms with Crippen LogP contribution in [0.3, 0.4) is 0 Å². The van der Waals surface area contributed by atoms with Crippen LogP contribution in [-0.4, -0.2) is 57.0 Å². The number of ether oxygens (including phenoxy) is 1. The number of piperidine rings is 1. The van der Waals surface area contributed by atoms with Gasteiger partial charge in [-0.1, -0.05) is 6.92 Å². The third-order valence-electron chi connectivity index (χ3n) is 8.24. The quantitative estimate of drug-likeness (QED) is 0.642. The Bertz CT molecular complexity index is 1090. The summed E-state index contributed by atoms with van der Waals surface area (Å²) in [5.41, 5.74) is 8.50. The Balaban J connectivity index is 1.44. The number of aromatic nitrogens is 4. The van der Waals surface area contributed by atoms with Crippen molar-refractivity contribution < 1.29 is 22.7 Å². The minimum absolute atomic E-state index is 0.0668. The van der Waals surface area contributed by atoms with Gasteiger partial charge >= 0.3 is 6.18 Å². The van der Waals surface area contributed by atoms with Crippen molar-refractivity contribution >= 4 is 11.7 Å². The van der Waals surface area contributed by atoms with E-state index in [1.54, 1.807) is 4.52 Å². The predicted octanol–water partition coefficient (Wildman–Crippen LogP) is 3.33. The van der Waals surface area contributed by atoms with E-state index in [2.05, 4.69) is 12.2 Å². The molecule has 198 valence electrons. The molecule has 2 atom stereocenters. The third-order valence-corrected chi connectivity index (χ3v) is 8.24. The second kappa shape index (κ2) is 9.89. The number of amides is 1. The molecule has 11 heteroatoms. The molecule has 3 N–H and O–H groups in total. The zero-order valence-corrected chi connectivity index (χ0v) is 20.7. The molecule has 1 amide bonds. The van der Waals surface area contributed by atoms with E-state index in [0.717, 1.165) is 49.9 Å². The van der Waals surface area contributed by atoms with Gasteiger partial charge in [0, 0.05) is 50.0 Å². The van der Waals surface area contributed by atoms with Crippen LogP contribution in [0.2, 0.25) is 0 Å². The molecule has 2 saturated heterocycles. The number of fused-ring (bicyclic) bond motifs is 1. The highest BCUT2D eigenvalue weighted by Crippen LogP contribution is 2.36. The van der Waals surface area contributed by atoms with Crippen molar-refractivity contribution in [3.8, 4) is 0 Å². The molecule has 0 spiro atoms. The first-order chi connectivity index (χ1) is 17.1. The SMILES string of the molecule is CC1CCC(N)(Cc2cn3nc(C[C@H]4C[C@H](C(F)(F)F)CNC4=O)c(C4CCOCC4)nc3n2)CC1. The van der Waals surface area contributed by atoms with Crippen LogP contribution >= 0.6 is 0 Å². The second-order valence-corrected chi connectivity index (χ2v) is 11.1. The number of carbonyl (C=O) groups excluding carboxylic acids is 1. The average molecular weight is 509 g/mol. The number of nitrogens with zero attached hydrogens (tertiary/aromatic N) is 4. The number of hydrogen-bond donors (Lipinski definition) is 2. The molecule has 5 rings (SSSR count). The predicted molar refractivity (Wildman–Crippen MR) is 126 cm³/mol. The van der Waals surface area contributed by atoms with E-state index in [4.69, 9.17) is 25.5 Å². The molecule has 0 radical (unpaired) electrons. The molecule has 1 saturated carbocycles. The molecule has 1 aliphatic carbocycles. The fourth-order valence-electron chi connectivity index (χ4n) is 5.87. The lowest BCUT2D eigenvalue weighted by atomic mass is 9.75. The van der Waals surface area contributed by atoms with E-state index in [0.29, 0.717) is 37.0 Å². The highest BCUT2D eigenvalue weighted by atomic mass is 19.4. The van der Waals surface area contributed by atoms with Gasteiger partial charge in [-0.25, -0.2) is 14.5 Å². The summed E-state index contributed by atoms with van der Waals surface area (Å²) in [5, 5.41) is 7.21. The maximum Gasteiger partial charge on any atom is 0.393 e. The summed E-state index contributed by atoms with van der Waals surface area (Å²) >= 11 is 0. The smallest absolute Gasteiger partial charge is 0.381 e. The summed E-state index contributed by atoms with van der Waals surface area (Å²) in [6.07, 6.45) is 3.55. The first kappa shape index (κ1) is 25.4. The van der Waals surface area contributed by atoms with Gasteiger partial charge in [0.05, 0.1) is 29.2 Å². The highest BCUT2D eigenvalue weighted by molar-refractivity contribution is 5.79. The molecule has 0 unspecified atom stereocenters. The molecule has 8 nitrogen and oxygen atoms in total. The van der Waals surface area contributed by atoms with Gasteiger partial charge in [-0.15, -0.1) is 0 Å². The van der Waals surface area contributed by atoms with Gasteiger partial charge in [-0.2, -0.15) is 18.3 Å². The normalized spacial score (nSPS) is 30.5. The number of hydrogen-bond acceptors (Lipinski definition) is 6. The number of nitrogens with two attached hydrogens (primary N) is 1. The van der Waals surface area contributed by atoms with E-state index < -0.39 is 18.0 Å². The van der Waals surface area contributed by atoms with E-state index in [1.807, 2.05) is 6.20 Å². The van der Waals surface area contributed by atoms with Gasteiger partial charge < -0.3 is 15.8 Å². The monoisotopic (exact) mass is 508 g/mol. The van der Waals surface area contributed by atoms with Gasteiger partial charge in [-0.05, 0) is 50.9 Å². The van der Waals surface area contributed by atoms with Crippen LogP contribution in [0.1, 0.15) is 74.9 Å². The van der Waals surface area contributed by atoms with E-state index >= 15 is 0 Å². The molecular formula is C25H35F3N6O2. The molecule has 0 aromatic carbocycles. The fraction of sp³-hybridized carbons (Fsp3) is 0.760. The summed E-state index contributed by atoms with van der Waals surface area (Å²) in [6, 6.07) is 0. The van der Waals surface area contributed by atoms with Gasteiger partial charge in [0.2, 0.25) is 5.91 Å². The van der Waals surface area contributed by atoms with Crippen molar-refractivity contribution in [2.45, 2.75) is 82.3 Å². The lowest BCUT2D eigenvalue weighted by molar-refractivity contribution is -0.183. The molecule has 36 heavy (non-hydrogen) atoms. The standard InChI is InChI=1S/C25H35F3N6O2/c1-15-2-6-24(29,7-3-15)12-19-14-34-23(31-19)32-21(16-4-8-36-9-5-16)20(33-34)11-17-10-18(25(26,27)28)13-30-22(17)35/h14-18H,2-13,29H2,1H3,(H,30,35)/t15?,17-,18+,24?/m1/s1. The minimum Gasteiger partial charge on any atom is -0.381 e. The van der Waals surface area contributed by atoms with Crippen molar-refractivity contribution in [1.29, 1.82) is 0 Å². The minimum atomic E-state index is -4.35. The Morgan fingerprint density at radius 2 is 1.92 bits per heavy atom. The van der Waals surface area contributed by atoms with Crippen LogP contribution in [-0.2, 0) is 22.4 Å². The van der Waals surface area contributed by atoms with Gasteiger partial charge in [-0.3, -0.25) is 4.79 Å². The molecular weight excluding hydrogens is 473 g/mol. The fourth-order valence-corrected chi connectivity index (χ4v) is 5.87. The summed E-state index contributed by atoms with van der Waals surface area (Å²) < 4.78 is 47.3. The second-order valence-electron chi connectivity index (χ2n) is 11.1. The maximum atomic E-state index is 13.4. The molecule has 2 aliphatic heterocycles. The number of halogens is 3. The van der Waals surface area contributed by atoms with E-state index in [-0.39, 0.29) is 36.8 Å². The Labute approximate surface area is 208 Å². The van der Waals surface area contributed by atoms with Crippen molar-refractivity contribution in [2.75, 3.05) is 19.8 Å². The van der Waals surface area contributed by atoms with Gasteiger partial charge in [0.15, 0.2) is 0 Å². The van der Waals surface area contributed by atoms with Crippen LogP contribution in [0.15, 0.2) is 6.20 Å². The first-order valence-electron chi connectivity index (χ1n) is 13.1. The summed E-state index contributed by atoms with van der Waals surface area (Å²) in [5.74, 6) is -1.51. The number of nitrogens with one attached hydrogen (secondary N) is 1. The molecule has 2 aromatic rings. The van der Waals surface area contributed by atoms with Crippen molar-refractivity contribution in [2.24, 2.45) is 23.5 Å². The number of alkyl halides is 3. The summed E-state index contributed by atoms with van der Waals surface area (Å²) in [7, 11) is 0. The lowest BCUT2D eigenvalue weighted by Gasteiger charge is -2.35. The Kier molecular flexibility index (Phi) is 6.97. The van der Waals surface area contributed by atoms with Crippen LogP contribution in [0, 0.1) is 17.8 Å². The van der Waals surface area contributed by atoms with Crippen molar-refractivity contribution in [3.63, 3.8) is 0 Å². The van der Waals surface area contributed by atoms with Crippen LogP contribution in [0.25, 0.3) is 5.78 Å². The largest absolute Gasteiger partial charge is 0.393 e. The third kappa shape index (κ3) is 5.51. The lowest BCUT2D eigenvalue weighted by Crippen LogP contribution is -2.47. The van der Waals surface area contributed by atoms with Crippen molar-refractivity contribution in [3.05, 3.63) is 23.3 Å². The molecule has 0 bridgehead atoms. The molecule has 3 fully saturated rings. The first-order valence-corrected chi connectivity index (χ1v) is 13.1. The summed E-state index contributed by atoms with van der Waals surface area (Å²) in [4.78, 5) is 22.1. The van der Waals surface area contributed by atoms with Crippen LogP contribution in [0.5, 0.6) is 0 Å². The number of imidazole rings is 1. The molecule has 4 heterocycles. The van der Waals surface area contributed by atoms with Crippen LogP contribution in [0.4, 0.5) is 13.2 Å². The topological polar surface area (TPSA) is 107 Å². The van der Waals surface area contributed by atoms with E-state index in [1.165, 1.54) is 0 Å². The van der Waals surface area contributed by atoms with Gasteiger partial charge in [0.1, 0.15) is 0 Å². The Hall–Kier alpha value is -2.27. The Morgan fingerprint density at radius 1 is 1.19 bits per heavy atom. The average Bonchev–Trinajstić information content (AvgIpc) is 3.22. The number of rotatable bonds is 5. The maximum absolute atomic E-state index is 13.4. The molecule has 3 aliphatic rings. The van der Waals surface area contributed by atoms with E-state index in [9.17, 15) is 18.0 Å². The summed E-state index contributed by atoms with van der Waals surface area (Å²) in [6.45, 7) is 3.05. The van der Waals surface area contributed by atoms with Gasteiger partial charge in [0.25, 0.3) is 5.78 Å². The zero-order chi connectivity index (χ0) is 25.5. The highest BCUT2D eigenvalue weighted by Gasteiger charge is 2.45. The van der Waals surface area contributed by atoms with Crippen molar-refractivity contribution in [1.82, 2.24) is 24.9 Å². The zero-order valence-electron chi connectivity index (χ0n) is 20.7. The van der Waals surface area contributed by atoms with Crippen LogP contribution < -0.4 is 11.1 Å².